The van der Waals surface area contributed by atoms with Crippen molar-refractivity contribution >= 4 is 17.8 Å². The molecule has 3 heterocycles. The number of ether oxygens (including phenoxy) is 1. The molecule has 1 aromatic heterocycles. The Morgan fingerprint density at radius 3 is 2.43 bits per heavy atom. The van der Waals surface area contributed by atoms with Gasteiger partial charge in [-0.2, -0.15) is 0 Å². The predicted octanol–water partition coefficient (Wildman–Crippen LogP) is 3.20. The number of carbonyl (C=O) groups excluding carboxylic acids is 2. The minimum atomic E-state index is -0.493. The van der Waals surface area contributed by atoms with Crippen LogP contribution in [0, 0.1) is 0 Å². The summed E-state index contributed by atoms with van der Waals surface area (Å²) in [6, 6.07) is 3.72. The molecule has 0 aliphatic carbocycles. The van der Waals surface area contributed by atoms with Crippen molar-refractivity contribution < 1.29 is 14.3 Å². The second-order valence-corrected chi connectivity index (χ2v) is 8.64. The molecule has 1 N–H and O–H groups in total. The van der Waals surface area contributed by atoms with Gasteiger partial charge in [-0.15, -0.1) is 0 Å². The molecule has 0 unspecified atom stereocenters. The van der Waals surface area contributed by atoms with E-state index in [1.165, 1.54) is 6.42 Å². The molecule has 7 heteroatoms. The van der Waals surface area contributed by atoms with E-state index in [9.17, 15) is 9.59 Å². The summed E-state index contributed by atoms with van der Waals surface area (Å²) in [6.07, 6.45) is 6.44. The van der Waals surface area contributed by atoms with Crippen LogP contribution in [0.15, 0.2) is 18.3 Å². The number of nitrogens with zero attached hydrogens (tertiary/aromatic N) is 3. The predicted molar refractivity (Wildman–Crippen MR) is 109 cm³/mol. The topological polar surface area (TPSA) is 74.8 Å². The van der Waals surface area contributed by atoms with Crippen molar-refractivity contribution in [1.82, 2.24) is 15.2 Å². The van der Waals surface area contributed by atoms with Gasteiger partial charge in [0.1, 0.15) is 11.4 Å². The summed E-state index contributed by atoms with van der Waals surface area (Å²) in [6.45, 7) is 8.68. The van der Waals surface area contributed by atoms with E-state index in [1.54, 1.807) is 11.1 Å². The van der Waals surface area contributed by atoms with Crippen molar-refractivity contribution in [3.8, 4) is 0 Å². The number of anilines is 1. The number of piperidine rings is 2. The number of amides is 2. The maximum Gasteiger partial charge on any atom is 0.410 e. The van der Waals surface area contributed by atoms with Crippen LogP contribution < -0.4 is 10.2 Å². The highest BCUT2D eigenvalue weighted by Crippen LogP contribution is 2.22. The molecule has 3 rings (SSSR count). The fourth-order valence-corrected chi connectivity index (χ4v) is 3.73. The third kappa shape index (κ3) is 5.36. The van der Waals surface area contributed by atoms with E-state index in [0.717, 1.165) is 44.6 Å². The second kappa shape index (κ2) is 8.80. The highest BCUT2D eigenvalue weighted by atomic mass is 16.6. The fourth-order valence-electron chi connectivity index (χ4n) is 3.73. The maximum atomic E-state index is 12.9. The Kier molecular flexibility index (Phi) is 6.42. The van der Waals surface area contributed by atoms with Crippen LogP contribution in [0.4, 0.5) is 10.6 Å². The Morgan fingerprint density at radius 1 is 1.11 bits per heavy atom. The first-order valence-corrected chi connectivity index (χ1v) is 10.3. The zero-order chi connectivity index (χ0) is 20.1. The van der Waals surface area contributed by atoms with E-state index in [-0.39, 0.29) is 18.0 Å². The molecule has 1 aromatic rings. The molecule has 28 heavy (non-hydrogen) atoms. The Balaban J connectivity index is 1.56. The summed E-state index contributed by atoms with van der Waals surface area (Å²) in [5.74, 6) is 0.704. The summed E-state index contributed by atoms with van der Waals surface area (Å²) < 4.78 is 5.43. The van der Waals surface area contributed by atoms with Crippen LogP contribution in [0.5, 0.6) is 0 Å². The van der Waals surface area contributed by atoms with Crippen molar-refractivity contribution in [1.29, 1.82) is 0 Å². The third-order valence-corrected chi connectivity index (χ3v) is 5.17. The lowest BCUT2D eigenvalue weighted by Crippen LogP contribution is -2.48. The monoisotopic (exact) mass is 388 g/mol. The molecule has 154 valence electrons. The van der Waals surface area contributed by atoms with Gasteiger partial charge in [0, 0.05) is 38.4 Å². The van der Waals surface area contributed by atoms with Gasteiger partial charge >= 0.3 is 6.09 Å². The number of carbonyl (C=O) groups is 2. The lowest BCUT2D eigenvalue weighted by molar-refractivity contribution is 0.0199. The highest BCUT2D eigenvalue weighted by molar-refractivity contribution is 5.99. The number of likely N-dealkylation sites (tertiary alicyclic amines) is 1. The quantitative estimate of drug-likeness (QED) is 0.861. The zero-order valence-electron chi connectivity index (χ0n) is 17.2. The first-order valence-electron chi connectivity index (χ1n) is 10.3. The van der Waals surface area contributed by atoms with E-state index in [4.69, 9.17) is 4.74 Å². The highest BCUT2D eigenvalue weighted by Gasteiger charge is 2.28. The second-order valence-electron chi connectivity index (χ2n) is 8.64. The summed E-state index contributed by atoms with van der Waals surface area (Å²) in [5, 5.41) is 3.14. The fraction of sp³-hybridized carbons (Fsp3) is 0.667. The average molecular weight is 389 g/mol. The number of hydrogen-bond donors (Lipinski definition) is 1. The molecule has 2 aliphatic rings. The van der Waals surface area contributed by atoms with Crippen molar-refractivity contribution in [3.05, 3.63) is 23.9 Å². The van der Waals surface area contributed by atoms with E-state index in [1.807, 2.05) is 32.9 Å². The van der Waals surface area contributed by atoms with Crippen LogP contribution in [0.2, 0.25) is 0 Å². The largest absolute Gasteiger partial charge is 0.444 e. The molecular formula is C21H32N4O3. The van der Waals surface area contributed by atoms with Gasteiger partial charge in [0.25, 0.3) is 5.91 Å². The number of pyridine rings is 1. The van der Waals surface area contributed by atoms with Gasteiger partial charge in [-0.25, -0.2) is 9.78 Å². The Labute approximate surface area is 167 Å². The van der Waals surface area contributed by atoms with Crippen LogP contribution in [0.25, 0.3) is 0 Å². The Bertz CT molecular complexity index is 687. The number of rotatable bonds is 3. The molecule has 0 aromatic carbocycles. The molecule has 0 radical (unpaired) electrons. The summed E-state index contributed by atoms with van der Waals surface area (Å²) in [7, 11) is 0. The molecule has 2 saturated heterocycles. The summed E-state index contributed by atoms with van der Waals surface area (Å²) in [5.41, 5.74) is 0.145. The van der Waals surface area contributed by atoms with Crippen LogP contribution in [-0.4, -0.2) is 59.7 Å². The minimum Gasteiger partial charge on any atom is -0.444 e. The first kappa shape index (κ1) is 20.4. The normalized spacial score (nSPS) is 18.7. The molecule has 0 bridgehead atoms. The molecule has 0 spiro atoms. The van der Waals surface area contributed by atoms with Gasteiger partial charge in [0.2, 0.25) is 0 Å². The van der Waals surface area contributed by atoms with Gasteiger partial charge in [-0.1, -0.05) is 0 Å². The average Bonchev–Trinajstić information content (AvgIpc) is 2.68. The number of aromatic nitrogens is 1. The first-order chi connectivity index (χ1) is 13.3. The molecule has 2 aliphatic heterocycles. The number of hydrogen-bond acceptors (Lipinski definition) is 5. The molecule has 0 atom stereocenters. The Hall–Kier alpha value is -2.31. The molecule has 7 nitrogen and oxygen atoms in total. The SMILES string of the molecule is CC(C)(C)OC(=O)N1CCC(NC(=O)c2cccnc2N2CCCCC2)CC1. The van der Waals surface area contributed by atoms with E-state index < -0.39 is 5.60 Å². The van der Waals surface area contributed by atoms with E-state index in [2.05, 4.69) is 15.2 Å². The zero-order valence-corrected chi connectivity index (χ0v) is 17.2. The van der Waals surface area contributed by atoms with E-state index >= 15 is 0 Å². The van der Waals surface area contributed by atoms with Gasteiger partial charge in [0.05, 0.1) is 5.56 Å². The summed E-state index contributed by atoms with van der Waals surface area (Å²) in [4.78, 5) is 33.5. The lowest BCUT2D eigenvalue weighted by atomic mass is 10.0. The molecule has 2 fully saturated rings. The third-order valence-electron chi connectivity index (χ3n) is 5.17. The molecular weight excluding hydrogens is 356 g/mol. The molecule has 0 saturated carbocycles. The van der Waals surface area contributed by atoms with Gasteiger partial charge in [-0.3, -0.25) is 4.79 Å². The van der Waals surface area contributed by atoms with Crippen molar-refractivity contribution in [2.24, 2.45) is 0 Å². The van der Waals surface area contributed by atoms with Gasteiger partial charge in [-0.05, 0) is 65.0 Å². The smallest absolute Gasteiger partial charge is 0.410 e. The maximum absolute atomic E-state index is 12.9. The van der Waals surface area contributed by atoms with Crippen molar-refractivity contribution in [2.45, 2.75) is 64.5 Å². The van der Waals surface area contributed by atoms with Crippen LogP contribution in [-0.2, 0) is 4.74 Å². The molecule has 2 amide bonds. The van der Waals surface area contributed by atoms with Crippen molar-refractivity contribution in [2.75, 3.05) is 31.1 Å². The summed E-state index contributed by atoms with van der Waals surface area (Å²) >= 11 is 0. The van der Waals surface area contributed by atoms with Crippen LogP contribution in [0.3, 0.4) is 0 Å². The minimum absolute atomic E-state index is 0.0561. The standard InChI is InChI=1S/C21H32N4O3/c1-21(2,3)28-20(27)25-14-9-16(10-15-25)23-19(26)17-8-7-11-22-18(17)24-12-5-4-6-13-24/h7-8,11,16H,4-6,9-10,12-15H2,1-3H3,(H,23,26). The lowest BCUT2D eigenvalue weighted by Gasteiger charge is -2.34. The van der Waals surface area contributed by atoms with Crippen LogP contribution in [0.1, 0.15) is 63.2 Å². The van der Waals surface area contributed by atoms with Crippen LogP contribution >= 0.6 is 0 Å². The number of nitrogens with one attached hydrogen (secondary N) is 1. The van der Waals surface area contributed by atoms with Gasteiger partial charge < -0.3 is 19.9 Å². The van der Waals surface area contributed by atoms with Crippen molar-refractivity contribution in [3.63, 3.8) is 0 Å². The van der Waals surface area contributed by atoms with E-state index in [0.29, 0.717) is 18.7 Å². The van der Waals surface area contributed by atoms with Gasteiger partial charge in [0.15, 0.2) is 0 Å². The Morgan fingerprint density at radius 2 is 1.79 bits per heavy atom.